The van der Waals surface area contributed by atoms with E-state index >= 15 is 0 Å². The van der Waals surface area contributed by atoms with Crippen LogP contribution in [0, 0.1) is 6.92 Å². The number of hydrogen-bond donors (Lipinski definition) is 1. The molecule has 1 N–H and O–H groups in total. The van der Waals surface area contributed by atoms with Crippen LogP contribution in [0.15, 0.2) is 12.4 Å². The number of nitrogens with zero attached hydrogens (tertiary/aromatic N) is 3. The SMILES string of the molecule is Cc1cnn([C@H]2CCCN(C(=O)NCC[S@](=O)C(C)(C)C)C2)c1. The van der Waals surface area contributed by atoms with Crippen molar-refractivity contribution >= 4 is 16.8 Å². The zero-order valence-electron chi connectivity index (χ0n) is 14.5. The highest BCUT2D eigenvalue weighted by Crippen LogP contribution is 2.21. The van der Waals surface area contributed by atoms with Gasteiger partial charge in [-0.15, -0.1) is 0 Å². The number of hydrogen-bond acceptors (Lipinski definition) is 3. The molecule has 130 valence electrons. The van der Waals surface area contributed by atoms with E-state index in [0.717, 1.165) is 24.9 Å². The molecular weight excluding hydrogens is 312 g/mol. The lowest BCUT2D eigenvalue weighted by Gasteiger charge is -2.33. The molecule has 1 fully saturated rings. The molecule has 0 spiro atoms. The lowest BCUT2D eigenvalue weighted by Crippen LogP contribution is -2.47. The fraction of sp³-hybridized carbons (Fsp3) is 0.750. The van der Waals surface area contributed by atoms with E-state index in [1.807, 2.05) is 49.7 Å². The van der Waals surface area contributed by atoms with Crippen LogP contribution in [0.4, 0.5) is 4.79 Å². The number of nitrogens with one attached hydrogen (secondary N) is 1. The van der Waals surface area contributed by atoms with Crippen LogP contribution in [0.1, 0.15) is 45.2 Å². The minimum absolute atomic E-state index is 0.0653. The van der Waals surface area contributed by atoms with Crippen LogP contribution in [-0.4, -0.2) is 55.1 Å². The van der Waals surface area contributed by atoms with Gasteiger partial charge < -0.3 is 10.2 Å². The van der Waals surface area contributed by atoms with E-state index < -0.39 is 10.8 Å². The summed E-state index contributed by atoms with van der Waals surface area (Å²) in [4.78, 5) is 14.1. The Kier molecular flexibility index (Phi) is 5.84. The van der Waals surface area contributed by atoms with Crippen LogP contribution in [0.5, 0.6) is 0 Å². The number of urea groups is 1. The normalized spacial score (nSPS) is 20.3. The number of aromatic nitrogens is 2. The average Bonchev–Trinajstić information content (AvgIpc) is 2.93. The predicted molar refractivity (Wildman–Crippen MR) is 93.0 cm³/mol. The molecule has 0 aromatic carbocycles. The molecule has 1 aliphatic rings. The van der Waals surface area contributed by atoms with Crippen LogP contribution in [-0.2, 0) is 10.8 Å². The Morgan fingerprint density at radius 1 is 1.48 bits per heavy atom. The van der Waals surface area contributed by atoms with E-state index in [1.54, 1.807) is 0 Å². The summed E-state index contributed by atoms with van der Waals surface area (Å²) in [5.41, 5.74) is 1.14. The molecule has 0 saturated carbocycles. The Morgan fingerprint density at radius 2 is 2.22 bits per heavy atom. The van der Waals surface area contributed by atoms with Crippen LogP contribution >= 0.6 is 0 Å². The summed E-state index contributed by atoms with van der Waals surface area (Å²) in [5, 5.41) is 7.26. The molecule has 1 aromatic rings. The van der Waals surface area contributed by atoms with Gasteiger partial charge in [-0.3, -0.25) is 8.89 Å². The summed E-state index contributed by atoms with van der Waals surface area (Å²) in [5.74, 6) is 0.491. The summed E-state index contributed by atoms with van der Waals surface area (Å²) in [7, 11) is -0.940. The van der Waals surface area contributed by atoms with Gasteiger partial charge in [0.05, 0.1) is 12.2 Å². The third kappa shape index (κ3) is 5.06. The Balaban J connectivity index is 1.81. The van der Waals surface area contributed by atoms with E-state index in [9.17, 15) is 9.00 Å². The second-order valence-corrected chi connectivity index (χ2v) is 9.46. The first-order chi connectivity index (χ1) is 10.8. The molecular formula is C16H28N4O2S. The zero-order chi connectivity index (χ0) is 17.0. The number of piperidine rings is 1. The number of rotatable bonds is 4. The summed E-state index contributed by atoms with van der Waals surface area (Å²) in [6, 6.07) is 0.177. The molecule has 0 bridgehead atoms. The smallest absolute Gasteiger partial charge is 0.317 e. The largest absolute Gasteiger partial charge is 0.337 e. The van der Waals surface area contributed by atoms with Crippen molar-refractivity contribution in [2.24, 2.45) is 0 Å². The van der Waals surface area contributed by atoms with Crippen molar-refractivity contribution < 1.29 is 9.00 Å². The molecule has 2 rings (SSSR count). The maximum absolute atomic E-state index is 12.3. The van der Waals surface area contributed by atoms with Crippen LogP contribution in [0.25, 0.3) is 0 Å². The summed E-state index contributed by atoms with van der Waals surface area (Å²) in [6.07, 6.45) is 5.89. The summed E-state index contributed by atoms with van der Waals surface area (Å²) >= 11 is 0. The fourth-order valence-electron chi connectivity index (χ4n) is 2.66. The van der Waals surface area contributed by atoms with Crippen molar-refractivity contribution in [3.8, 4) is 0 Å². The molecule has 1 aromatic heterocycles. The van der Waals surface area contributed by atoms with Gasteiger partial charge in [0.1, 0.15) is 0 Å². The molecule has 0 radical (unpaired) electrons. The van der Waals surface area contributed by atoms with Gasteiger partial charge in [0.2, 0.25) is 0 Å². The fourth-order valence-corrected chi connectivity index (χ4v) is 3.56. The predicted octanol–water partition coefficient (Wildman–Crippen LogP) is 2.09. The van der Waals surface area contributed by atoms with Crippen LogP contribution < -0.4 is 5.32 Å². The third-order valence-electron chi connectivity index (χ3n) is 4.04. The molecule has 7 heteroatoms. The van der Waals surface area contributed by atoms with Crippen molar-refractivity contribution in [3.05, 3.63) is 18.0 Å². The molecule has 2 amide bonds. The molecule has 2 heterocycles. The highest BCUT2D eigenvalue weighted by atomic mass is 32.2. The molecule has 1 aliphatic heterocycles. The first-order valence-electron chi connectivity index (χ1n) is 8.19. The van der Waals surface area contributed by atoms with Gasteiger partial charge >= 0.3 is 6.03 Å². The average molecular weight is 340 g/mol. The zero-order valence-corrected chi connectivity index (χ0v) is 15.4. The second-order valence-electron chi connectivity index (χ2n) is 7.13. The Labute approximate surface area is 141 Å². The molecule has 23 heavy (non-hydrogen) atoms. The summed E-state index contributed by atoms with van der Waals surface area (Å²) < 4.78 is 13.7. The van der Waals surface area contributed by atoms with Gasteiger partial charge in [-0.25, -0.2) is 4.79 Å². The van der Waals surface area contributed by atoms with Gasteiger partial charge in [-0.05, 0) is 46.1 Å². The molecule has 2 atom stereocenters. The minimum atomic E-state index is -0.940. The van der Waals surface area contributed by atoms with E-state index in [-0.39, 0.29) is 16.8 Å². The molecule has 1 saturated heterocycles. The number of carbonyl (C=O) groups excluding carboxylic acids is 1. The minimum Gasteiger partial charge on any atom is -0.337 e. The molecule has 0 aliphatic carbocycles. The number of likely N-dealkylation sites (tertiary alicyclic amines) is 1. The topological polar surface area (TPSA) is 67.2 Å². The van der Waals surface area contributed by atoms with E-state index in [4.69, 9.17) is 0 Å². The monoisotopic (exact) mass is 340 g/mol. The molecule has 0 unspecified atom stereocenters. The van der Waals surface area contributed by atoms with E-state index in [2.05, 4.69) is 10.4 Å². The first kappa shape index (κ1) is 18.0. The second kappa shape index (κ2) is 7.47. The van der Waals surface area contributed by atoms with Crippen molar-refractivity contribution in [1.82, 2.24) is 20.0 Å². The number of carbonyl (C=O) groups is 1. The Hall–Kier alpha value is -1.37. The van der Waals surface area contributed by atoms with Gasteiger partial charge in [-0.2, -0.15) is 5.10 Å². The van der Waals surface area contributed by atoms with Crippen LogP contribution in [0.2, 0.25) is 0 Å². The van der Waals surface area contributed by atoms with Gasteiger partial charge in [0, 0.05) is 47.1 Å². The first-order valence-corrected chi connectivity index (χ1v) is 9.51. The van der Waals surface area contributed by atoms with Gasteiger partial charge in [-0.1, -0.05) is 0 Å². The van der Waals surface area contributed by atoms with Crippen molar-refractivity contribution in [2.75, 3.05) is 25.4 Å². The molecule has 6 nitrogen and oxygen atoms in total. The van der Waals surface area contributed by atoms with Crippen molar-refractivity contribution in [1.29, 1.82) is 0 Å². The standard InChI is InChI=1S/C16H28N4O2S/c1-13-10-18-20(11-13)14-6-5-8-19(12-14)15(21)17-7-9-23(22)16(2,3)4/h10-11,14H,5-9,12H2,1-4H3,(H,17,21)/t14-,23-/m0/s1. The van der Waals surface area contributed by atoms with Crippen molar-refractivity contribution in [2.45, 2.75) is 51.3 Å². The Bertz CT molecular complexity index is 565. The maximum atomic E-state index is 12.3. The quantitative estimate of drug-likeness (QED) is 0.912. The maximum Gasteiger partial charge on any atom is 0.317 e. The van der Waals surface area contributed by atoms with E-state index in [1.165, 1.54) is 0 Å². The van der Waals surface area contributed by atoms with Gasteiger partial charge in [0.25, 0.3) is 0 Å². The van der Waals surface area contributed by atoms with E-state index in [0.29, 0.717) is 18.8 Å². The lowest BCUT2D eigenvalue weighted by molar-refractivity contribution is 0.164. The van der Waals surface area contributed by atoms with Crippen LogP contribution in [0.3, 0.4) is 0 Å². The summed E-state index contributed by atoms with van der Waals surface area (Å²) in [6.45, 7) is 9.77. The number of amides is 2. The third-order valence-corrected chi connectivity index (χ3v) is 5.98. The van der Waals surface area contributed by atoms with Crippen molar-refractivity contribution in [3.63, 3.8) is 0 Å². The number of aryl methyl sites for hydroxylation is 1. The highest BCUT2D eigenvalue weighted by Gasteiger charge is 2.25. The van der Waals surface area contributed by atoms with Gasteiger partial charge in [0.15, 0.2) is 0 Å². The highest BCUT2D eigenvalue weighted by molar-refractivity contribution is 7.86. The lowest BCUT2D eigenvalue weighted by atomic mass is 10.1. The Morgan fingerprint density at radius 3 is 2.83 bits per heavy atom.